The molecule has 0 spiro atoms. The fourth-order valence-electron chi connectivity index (χ4n) is 2.59. The minimum atomic E-state index is -0.997. The number of carboxylic acids is 1. The summed E-state index contributed by atoms with van der Waals surface area (Å²) < 4.78 is 12.9. The average molecular weight is 285 g/mol. The summed E-state index contributed by atoms with van der Waals surface area (Å²) in [5, 5.41) is 9.18. The summed E-state index contributed by atoms with van der Waals surface area (Å²) in [6.07, 6.45) is 0.505. The van der Waals surface area contributed by atoms with Crippen LogP contribution in [0, 0.1) is 5.82 Å². The van der Waals surface area contributed by atoms with E-state index in [9.17, 15) is 19.1 Å². The van der Waals surface area contributed by atoms with E-state index < -0.39 is 11.8 Å². The van der Waals surface area contributed by atoms with E-state index in [0.717, 1.165) is 0 Å². The third-order valence-electron chi connectivity index (χ3n) is 3.59. The lowest BCUT2D eigenvalue weighted by molar-refractivity contribution is 0.0695. The number of carbonyl (C=O) groups excluding carboxylic acids is 1. The van der Waals surface area contributed by atoms with Gasteiger partial charge in [0.25, 0.3) is 5.91 Å². The second-order valence-electron chi connectivity index (χ2n) is 4.82. The number of amides is 1. The van der Waals surface area contributed by atoms with Gasteiger partial charge in [0.2, 0.25) is 0 Å². The van der Waals surface area contributed by atoms with Crippen molar-refractivity contribution in [3.8, 4) is 0 Å². The summed E-state index contributed by atoms with van der Waals surface area (Å²) in [6.45, 7) is 0.426. The first-order chi connectivity index (χ1) is 10.1. The summed E-state index contributed by atoms with van der Waals surface area (Å²) in [6, 6.07) is 10.2. The topological polar surface area (TPSA) is 57.6 Å². The lowest BCUT2D eigenvalue weighted by Gasteiger charge is -2.17. The molecular weight excluding hydrogens is 273 g/mol. The van der Waals surface area contributed by atoms with Gasteiger partial charge in [-0.05, 0) is 48.4 Å². The van der Waals surface area contributed by atoms with Crippen LogP contribution < -0.4 is 4.90 Å². The predicted octanol–water partition coefficient (Wildman–Crippen LogP) is 2.73. The van der Waals surface area contributed by atoms with Gasteiger partial charge in [-0.2, -0.15) is 0 Å². The Bertz CT molecular complexity index is 725. The highest BCUT2D eigenvalue weighted by Gasteiger charge is 2.28. The Balaban J connectivity index is 1.98. The number of carboxylic acid groups (broad SMARTS) is 1. The fraction of sp³-hybridized carbons (Fsp3) is 0.125. The van der Waals surface area contributed by atoms with Gasteiger partial charge in [0.05, 0.1) is 5.56 Å². The molecule has 1 N–H and O–H groups in total. The van der Waals surface area contributed by atoms with Crippen molar-refractivity contribution in [2.75, 3.05) is 11.4 Å². The second-order valence-corrected chi connectivity index (χ2v) is 4.82. The first-order valence-electron chi connectivity index (χ1n) is 6.50. The quantitative estimate of drug-likeness (QED) is 0.923. The highest BCUT2D eigenvalue weighted by molar-refractivity contribution is 6.08. The van der Waals surface area contributed by atoms with Gasteiger partial charge in [0, 0.05) is 17.8 Å². The smallest absolute Gasteiger partial charge is 0.336 e. The van der Waals surface area contributed by atoms with E-state index in [-0.39, 0.29) is 11.5 Å². The Morgan fingerprint density at radius 3 is 2.48 bits per heavy atom. The van der Waals surface area contributed by atoms with Crippen molar-refractivity contribution in [2.45, 2.75) is 6.42 Å². The van der Waals surface area contributed by atoms with Crippen LogP contribution in [0.3, 0.4) is 0 Å². The molecule has 21 heavy (non-hydrogen) atoms. The van der Waals surface area contributed by atoms with Crippen molar-refractivity contribution in [2.24, 2.45) is 0 Å². The third kappa shape index (κ3) is 2.27. The summed E-state index contributed by atoms with van der Waals surface area (Å²) in [5.74, 6) is -1.65. The molecule has 0 aromatic heterocycles. The van der Waals surface area contributed by atoms with Crippen LogP contribution in [0.5, 0.6) is 0 Å². The number of rotatable bonds is 2. The van der Waals surface area contributed by atoms with Crippen LogP contribution >= 0.6 is 0 Å². The molecule has 2 aromatic rings. The summed E-state index contributed by atoms with van der Waals surface area (Å²) in [7, 11) is 0. The molecule has 3 rings (SSSR count). The fourth-order valence-corrected chi connectivity index (χ4v) is 2.59. The molecule has 1 aliphatic rings. The van der Waals surface area contributed by atoms with Gasteiger partial charge in [-0.25, -0.2) is 9.18 Å². The Morgan fingerprint density at radius 2 is 1.81 bits per heavy atom. The highest BCUT2D eigenvalue weighted by atomic mass is 19.1. The molecule has 0 atom stereocenters. The molecule has 0 saturated heterocycles. The zero-order chi connectivity index (χ0) is 15.0. The second kappa shape index (κ2) is 5.01. The number of anilines is 1. The number of hydrogen-bond acceptors (Lipinski definition) is 2. The van der Waals surface area contributed by atoms with Gasteiger partial charge in [-0.15, -0.1) is 0 Å². The minimum absolute atomic E-state index is 0.224. The van der Waals surface area contributed by atoms with Gasteiger partial charge in [0.1, 0.15) is 5.82 Å². The Morgan fingerprint density at radius 1 is 1.10 bits per heavy atom. The molecule has 1 heterocycles. The molecule has 0 radical (unpaired) electrons. The molecule has 0 unspecified atom stereocenters. The minimum Gasteiger partial charge on any atom is -0.478 e. The number of fused-ring (bicyclic) bond motifs is 1. The molecular formula is C16H12FNO3. The maximum absolute atomic E-state index is 12.9. The van der Waals surface area contributed by atoms with Crippen molar-refractivity contribution in [1.82, 2.24) is 0 Å². The van der Waals surface area contributed by atoms with Gasteiger partial charge in [-0.3, -0.25) is 4.79 Å². The van der Waals surface area contributed by atoms with Crippen molar-refractivity contribution in [3.63, 3.8) is 0 Å². The zero-order valence-electron chi connectivity index (χ0n) is 11.0. The molecule has 2 aromatic carbocycles. The Kier molecular flexibility index (Phi) is 3.17. The maximum atomic E-state index is 12.9. The van der Waals surface area contributed by atoms with Crippen LogP contribution in [0.4, 0.5) is 10.1 Å². The third-order valence-corrected chi connectivity index (χ3v) is 3.59. The van der Waals surface area contributed by atoms with Gasteiger partial charge >= 0.3 is 5.97 Å². The van der Waals surface area contributed by atoms with Crippen LogP contribution in [0.2, 0.25) is 0 Å². The SMILES string of the molecule is O=C(O)c1cccc2c1CCN2C(=O)c1ccc(F)cc1. The molecule has 0 aliphatic carbocycles. The molecule has 1 aliphatic heterocycles. The Labute approximate surface area is 120 Å². The molecule has 1 amide bonds. The number of carbonyl (C=O) groups is 2. The number of hydrogen-bond donors (Lipinski definition) is 1. The largest absolute Gasteiger partial charge is 0.478 e. The predicted molar refractivity (Wildman–Crippen MR) is 75.2 cm³/mol. The first-order valence-corrected chi connectivity index (χ1v) is 6.50. The summed E-state index contributed by atoms with van der Waals surface area (Å²) in [5.41, 5.74) is 1.89. The van der Waals surface area contributed by atoms with E-state index in [4.69, 9.17) is 0 Å². The van der Waals surface area contributed by atoms with Crippen LogP contribution in [-0.4, -0.2) is 23.5 Å². The van der Waals surface area contributed by atoms with E-state index in [1.54, 1.807) is 12.1 Å². The van der Waals surface area contributed by atoms with Crippen LogP contribution in [0.15, 0.2) is 42.5 Å². The van der Waals surface area contributed by atoms with Gasteiger partial charge in [0.15, 0.2) is 0 Å². The van der Waals surface area contributed by atoms with Crippen molar-refractivity contribution in [1.29, 1.82) is 0 Å². The Hall–Kier alpha value is -2.69. The standard InChI is InChI=1S/C16H12FNO3/c17-11-6-4-10(5-7-11)15(19)18-9-8-12-13(16(20)21)2-1-3-14(12)18/h1-7H,8-9H2,(H,20,21). The van der Waals surface area contributed by atoms with Crippen LogP contribution in [0.25, 0.3) is 0 Å². The van der Waals surface area contributed by atoms with E-state index in [1.165, 1.54) is 35.2 Å². The lowest BCUT2D eigenvalue weighted by Crippen LogP contribution is -2.28. The van der Waals surface area contributed by atoms with E-state index in [1.807, 2.05) is 0 Å². The molecule has 0 bridgehead atoms. The zero-order valence-corrected chi connectivity index (χ0v) is 11.0. The van der Waals surface area contributed by atoms with E-state index in [0.29, 0.717) is 29.8 Å². The van der Waals surface area contributed by atoms with Crippen molar-refractivity contribution < 1.29 is 19.1 Å². The van der Waals surface area contributed by atoms with Crippen LogP contribution in [0.1, 0.15) is 26.3 Å². The van der Waals surface area contributed by atoms with Crippen molar-refractivity contribution in [3.05, 3.63) is 65.0 Å². The van der Waals surface area contributed by atoms with E-state index in [2.05, 4.69) is 0 Å². The van der Waals surface area contributed by atoms with Crippen LogP contribution in [-0.2, 0) is 6.42 Å². The molecule has 5 heteroatoms. The molecule has 0 saturated carbocycles. The molecule has 0 fully saturated rings. The first kappa shape index (κ1) is 13.3. The number of aromatic carboxylic acids is 1. The monoisotopic (exact) mass is 285 g/mol. The average Bonchev–Trinajstić information content (AvgIpc) is 2.90. The highest BCUT2D eigenvalue weighted by Crippen LogP contribution is 2.31. The van der Waals surface area contributed by atoms with Gasteiger partial charge < -0.3 is 10.0 Å². The van der Waals surface area contributed by atoms with Crippen molar-refractivity contribution >= 4 is 17.6 Å². The number of benzene rings is 2. The van der Waals surface area contributed by atoms with E-state index >= 15 is 0 Å². The van der Waals surface area contributed by atoms with Gasteiger partial charge in [-0.1, -0.05) is 6.07 Å². The number of nitrogens with zero attached hydrogens (tertiary/aromatic N) is 1. The normalized spacial score (nSPS) is 13.1. The molecule has 4 nitrogen and oxygen atoms in total. The maximum Gasteiger partial charge on any atom is 0.336 e. The lowest BCUT2D eigenvalue weighted by atomic mass is 10.1. The molecule has 106 valence electrons. The summed E-state index contributed by atoms with van der Waals surface area (Å²) >= 11 is 0. The number of halogens is 1. The summed E-state index contributed by atoms with van der Waals surface area (Å²) in [4.78, 5) is 25.2.